The van der Waals surface area contributed by atoms with E-state index in [1.54, 1.807) is 28.1 Å². The Morgan fingerprint density at radius 2 is 1.34 bits per heavy atom. The molecule has 0 saturated carbocycles. The van der Waals surface area contributed by atoms with E-state index >= 15 is 0 Å². The fraction of sp³-hybridized carbons (Fsp3) is 0.543. The number of pyridine rings is 2. The van der Waals surface area contributed by atoms with Crippen molar-refractivity contribution in [3.05, 3.63) is 66.7 Å². The van der Waals surface area contributed by atoms with Gasteiger partial charge in [0.2, 0.25) is 0 Å². The molecule has 2 aliphatic heterocycles. The van der Waals surface area contributed by atoms with E-state index in [0.717, 1.165) is 0 Å². The number of ether oxygens (including phenoxy) is 2. The van der Waals surface area contributed by atoms with Crippen LogP contribution in [0.15, 0.2) is 38.7 Å². The average Bonchev–Trinajstić information content (AvgIpc) is 3.03. The van der Waals surface area contributed by atoms with E-state index in [2.05, 4.69) is 40.8 Å². The van der Waals surface area contributed by atoms with Crippen LogP contribution in [0.1, 0.15) is 95.9 Å². The van der Waals surface area contributed by atoms with Gasteiger partial charge >= 0.3 is 12.2 Å². The van der Waals surface area contributed by atoms with Crippen molar-refractivity contribution in [3.8, 4) is 0 Å². The van der Waals surface area contributed by atoms with E-state index in [1.807, 2.05) is 41.5 Å². The summed E-state index contributed by atoms with van der Waals surface area (Å²) in [4.78, 5) is 79.7. The molecule has 0 bridgehead atoms. The molecule has 14 nitrogen and oxygen atoms in total. The van der Waals surface area contributed by atoms with Gasteiger partial charge in [0.05, 0.1) is 18.1 Å². The molecular formula is C35H43BrN8O6. The number of likely N-dealkylation sites (tertiary alicyclic amines) is 2. The number of rotatable bonds is 4. The van der Waals surface area contributed by atoms with Crippen molar-refractivity contribution < 1.29 is 19.1 Å². The van der Waals surface area contributed by atoms with E-state index < -0.39 is 17.3 Å². The van der Waals surface area contributed by atoms with Gasteiger partial charge in [-0.3, -0.25) is 9.59 Å². The summed E-state index contributed by atoms with van der Waals surface area (Å²) in [6, 6.07) is 3.22. The summed E-state index contributed by atoms with van der Waals surface area (Å²) in [5.41, 5.74) is 1.99. The molecule has 2 atom stereocenters. The lowest BCUT2D eigenvalue weighted by atomic mass is 9.84. The van der Waals surface area contributed by atoms with Crippen LogP contribution in [-0.4, -0.2) is 88.8 Å². The average molecular weight is 752 g/mol. The molecular weight excluding hydrogens is 708 g/mol. The van der Waals surface area contributed by atoms with Crippen molar-refractivity contribution in [2.24, 2.45) is 0 Å². The van der Waals surface area contributed by atoms with Crippen LogP contribution in [-0.2, 0) is 15.9 Å². The monoisotopic (exact) mass is 750 g/mol. The van der Waals surface area contributed by atoms with Crippen molar-refractivity contribution in [3.63, 3.8) is 0 Å². The summed E-state index contributed by atoms with van der Waals surface area (Å²) >= 11 is 3.35. The first kappa shape index (κ1) is 35.4. The Labute approximate surface area is 297 Å². The quantitative estimate of drug-likeness (QED) is 0.269. The van der Waals surface area contributed by atoms with Crippen LogP contribution in [0.5, 0.6) is 0 Å². The number of nitrogens with one attached hydrogen (secondary N) is 2. The van der Waals surface area contributed by atoms with E-state index in [4.69, 9.17) is 14.5 Å². The van der Waals surface area contributed by atoms with Crippen molar-refractivity contribution in [2.45, 2.75) is 103 Å². The Morgan fingerprint density at radius 1 is 0.800 bits per heavy atom. The molecule has 2 aliphatic rings. The number of hydrogen-bond acceptors (Lipinski definition) is 10. The lowest BCUT2D eigenvalue weighted by molar-refractivity contribution is 0.00788. The molecule has 0 aromatic carbocycles. The van der Waals surface area contributed by atoms with Gasteiger partial charge in [-0.05, 0) is 107 Å². The molecule has 2 unspecified atom stereocenters. The van der Waals surface area contributed by atoms with Crippen LogP contribution < -0.4 is 11.1 Å². The van der Waals surface area contributed by atoms with Crippen molar-refractivity contribution >= 4 is 50.4 Å². The molecule has 6 heterocycles. The van der Waals surface area contributed by atoms with Gasteiger partial charge in [0.25, 0.3) is 11.1 Å². The highest BCUT2D eigenvalue weighted by molar-refractivity contribution is 9.10. The van der Waals surface area contributed by atoms with Crippen LogP contribution in [0.3, 0.4) is 0 Å². The number of H-pyrrole nitrogens is 2. The van der Waals surface area contributed by atoms with E-state index in [1.165, 1.54) is 6.20 Å². The highest BCUT2D eigenvalue weighted by Gasteiger charge is 2.36. The minimum Gasteiger partial charge on any atom is -0.444 e. The Morgan fingerprint density at radius 3 is 1.96 bits per heavy atom. The van der Waals surface area contributed by atoms with Crippen LogP contribution in [0.2, 0.25) is 0 Å². The summed E-state index contributed by atoms with van der Waals surface area (Å²) in [5, 5.41) is 0. The van der Waals surface area contributed by atoms with Gasteiger partial charge in [0, 0.05) is 43.2 Å². The molecule has 0 radical (unpaired) electrons. The lowest BCUT2D eigenvalue weighted by Gasteiger charge is -2.40. The number of carbonyl (C=O) groups is 2. The highest BCUT2D eigenvalue weighted by Crippen LogP contribution is 2.34. The zero-order chi connectivity index (χ0) is 36.0. The van der Waals surface area contributed by atoms with E-state index in [0.29, 0.717) is 95.5 Å². The highest BCUT2D eigenvalue weighted by atomic mass is 79.9. The predicted octanol–water partition coefficient (Wildman–Crippen LogP) is 5.55. The van der Waals surface area contributed by atoms with E-state index in [9.17, 15) is 19.2 Å². The summed E-state index contributed by atoms with van der Waals surface area (Å²) < 4.78 is 11.9. The SMILES string of the molecule is CC(C)(C)OC(=O)N1CCC(c2cc3nc(CC4CC(c5cc6nc(Br)cnc6[nH]c5=O)CCN4C(=O)OC(C)(C)C)cnc3[nH]c2=O)CC1. The summed E-state index contributed by atoms with van der Waals surface area (Å²) in [5.74, 6) is -0.213. The minimum absolute atomic E-state index is 0.0561. The Bertz CT molecular complexity index is 2040. The molecule has 0 spiro atoms. The van der Waals surface area contributed by atoms with Crippen LogP contribution in [0, 0.1) is 0 Å². The number of hydrogen-bond donors (Lipinski definition) is 2. The number of piperidine rings is 2. The third-order valence-electron chi connectivity index (χ3n) is 9.01. The summed E-state index contributed by atoms with van der Waals surface area (Å²) in [7, 11) is 0. The third-order valence-corrected chi connectivity index (χ3v) is 9.39. The second kappa shape index (κ2) is 13.7. The molecule has 2 saturated heterocycles. The number of fused-ring (bicyclic) bond motifs is 2. The standard InChI is InChI=1S/C35H43BrN8O6/c1-34(2,3)49-32(47)43-10-7-19(8-11-43)23-15-25-28(41-30(23)45)37-17-21(39-25)14-22-13-20(9-12-44(22)33(48)50-35(4,5)6)24-16-26-29(42-31(24)46)38-18-27(36)40-26/h15-20,22H,7-14H2,1-6H3,(H,37,41,45)(H,38,42,46). The topological polar surface area (TPSA) is 176 Å². The van der Waals surface area contributed by atoms with Crippen LogP contribution in [0.4, 0.5) is 9.59 Å². The first-order valence-electron chi connectivity index (χ1n) is 16.9. The fourth-order valence-electron chi connectivity index (χ4n) is 6.74. The minimum atomic E-state index is -0.686. The molecule has 0 aliphatic carbocycles. The second-order valence-electron chi connectivity index (χ2n) is 15.1. The van der Waals surface area contributed by atoms with Gasteiger partial charge in [-0.15, -0.1) is 0 Å². The normalized spacial score (nSPS) is 19.2. The van der Waals surface area contributed by atoms with Gasteiger partial charge in [0.15, 0.2) is 11.3 Å². The smallest absolute Gasteiger partial charge is 0.410 e. The molecule has 2 N–H and O–H groups in total. The summed E-state index contributed by atoms with van der Waals surface area (Å²) in [6.45, 7) is 12.3. The maximum absolute atomic E-state index is 13.4. The van der Waals surface area contributed by atoms with Gasteiger partial charge in [-0.25, -0.2) is 29.5 Å². The Balaban J connectivity index is 1.25. The first-order valence-corrected chi connectivity index (χ1v) is 17.7. The zero-order valence-corrected chi connectivity index (χ0v) is 30.8. The van der Waals surface area contributed by atoms with Crippen molar-refractivity contribution in [1.82, 2.24) is 39.7 Å². The van der Waals surface area contributed by atoms with Gasteiger partial charge in [0.1, 0.15) is 26.8 Å². The maximum atomic E-state index is 13.4. The van der Waals surface area contributed by atoms with E-state index in [-0.39, 0.29) is 35.1 Å². The molecule has 2 fully saturated rings. The molecule has 15 heteroatoms. The van der Waals surface area contributed by atoms with Crippen molar-refractivity contribution in [1.29, 1.82) is 0 Å². The zero-order valence-electron chi connectivity index (χ0n) is 29.2. The number of aromatic nitrogens is 6. The third kappa shape index (κ3) is 8.14. The predicted molar refractivity (Wildman–Crippen MR) is 190 cm³/mol. The van der Waals surface area contributed by atoms with Crippen molar-refractivity contribution in [2.75, 3.05) is 19.6 Å². The lowest BCUT2D eigenvalue weighted by Crippen LogP contribution is -2.49. The number of halogens is 1. The molecule has 2 amide bonds. The number of carbonyl (C=O) groups excluding carboxylic acids is 2. The molecule has 266 valence electrons. The molecule has 6 rings (SSSR count). The second-order valence-corrected chi connectivity index (χ2v) is 15.9. The summed E-state index contributed by atoms with van der Waals surface area (Å²) in [6.07, 6.45) is 5.01. The largest absolute Gasteiger partial charge is 0.444 e. The van der Waals surface area contributed by atoms with Gasteiger partial charge in [-0.2, -0.15) is 0 Å². The Kier molecular flexibility index (Phi) is 9.72. The molecule has 4 aromatic heterocycles. The first-order chi connectivity index (χ1) is 23.5. The number of nitrogens with zero attached hydrogens (tertiary/aromatic N) is 6. The molecule has 50 heavy (non-hydrogen) atoms. The maximum Gasteiger partial charge on any atom is 0.410 e. The van der Waals surface area contributed by atoms with Gasteiger partial charge < -0.3 is 29.2 Å². The Hall–Kier alpha value is -4.40. The number of aromatic amines is 2. The fourth-order valence-corrected chi connectivity index (χ4v) is 7.03. The number of amides is 2. The van der Waals surface area contributed by atoms with Crippen LogP contribution in [0.25, 0.3) is 22.3 Å². The van der Waals surface area contributed by atoms with Crippen LogP contribution >= 0.6 is 15.9 Å². The van der Waals surface area contributed by atoms with Gasteiger partial charge in [-0.1, -0.05) is 0 Å². The molecule has 4 aromatic rings.